The van der Waals surface area contributed by atoms with Crippen LogP contribution in [0.1, 0.15) is 16.8 Å². The van der Waals surface area contributed by atoms with Crippen LogP contribution in [0, 0.1) is 13.8 Å². The zero-order valence-electron chi connectivity index (χ0n) is 17.4. The van der Waals surface area contributed by atoms with Gasteiger partial charge in [0.25, 0.3) is 0 Å². The smallest absolute Gasteiger partial charge is 0.245 e. The molecule has 0 aliphatic rings. The number of hydrogen-bond donors (Lipinski definition) is 1. The lowest BCUT2D eigenvalue weighted by Crippen LogP contribution is -2.19. The number of fused-ring (bicyclic) bond motifs is 1. The number of sulfone groups is 1. The molecule has 0 unspecified atom stereocenters. The van der Waals surface area contributed by atoms with Gasteiger partial charge >= 0.3 is 0 Å². The maximum atomic E-state index is 13.3. The number of nitrogens with zero attached hydrogens (tertiary/aromatic N) is 2. The lowest BCUT2D eigenvalue weighted by molar-refractivity contribution is -0.116. The van der Waals surface area contributed by atoms with Gasteiger partial charge in [0, 0.05) is 22.8 Å². The number of carbonyl (C=O) groups excluding carboxylic acids is 1. The minimum Gasteiger partial charge on any atom is -0.337 e. The van der Waals surface area contributed by atoms with E-state index in [1.165, 1.54) is 0 Å². The van der Waals surface area contributed by atoms with Gasteiger partial charge in [-0.25, -0.2) is 13.4 Å². The first-order valence-corrected chi connectivity index (χ1v) is 11.6. The molecular formula is C24H23N3O3S. The monoisotopic (exact) mass is 433 g/mol. The summed E-state index contributed by atoms with van der Waals surface area (Å²) in [6.07, 6.45) is 1.56. The Bertz CT molecular complexity index is 1370. The standard InChI is InChI=1S/C24H23N3O3S/c1-17-8-3-4-10-19(17)16-31(29,30)22-14-27(21-12-6-5-11-20(21)22)15-24(28)26-23-13-7-9-18(2)25-23/h3-14H,15-16H2,1-2H3,(H,25,26,28). The number of pyridine rings is 1. The van der Waals surface area contributed by atoms with E-state index in [0.29, 0.717) is 16.7 Å². The second-order valence-corrected chi connectivity index (χ2v) is 9.49. The fraction of sp³-hybridized carbons (Fsp3) is 0.167. The van der Waals surface area contributed by atoms with Crippen LogP contribution in [0.3, 0.4) is 0 Å². The molecule has 0 fully saturated rings. The number of para-hydroxylation sites is 1. The van der Waals surface area contributed by atoms with Gasteiger partial charge in [-0.1, -0.05) is 48.5 Å². The van der Waals surface area contributed by atoms with E-state index < -0.39 is 9.84 Å². The summed E-state index contributed by atoms with van der Waals surface area (Å²) < 4.78 is 28.2. The van der Waals surface area contributed by atoms with E-state index in [-0.39, 0.29) is 23.1 Å². The molecule has 0 saturated carbocycles. The molecule has 2 aromatic carbocycles. The molecule has 2 aromatic heterocycles. The van der Waals surface area contributed by atoms with Gasteiger partial charge in [-0.15, -0.1) is 0 Å². The van der Waals surface area contributed by atoms with Gasteiger partial charge in [-0.3, -0.25) is 4.79 Å². The SMILES string of the molecule is Cc1cccc(NC(=O)Cn2cc(S(=O)(=O)Cc3ccccc3C)c3ccccc32)n1. The summed E-state index contributed by atoms with van der Waals surface area (Å²) in [7, 11) is -3.61. The Kier molecular flexibility index (Phi) is 5.61. The number of anilines is 1. The second kappa shape index (κ2) is 8.35. The van der Waals surface area contributed by atoms with E-state index >= 15 is 0 Å². The Balaban J connectivity index is 1.66. The van der Waals surface area contributed by atoms with Crippen LogP contribution in [0.15, 0.2) is 77.8 Å². The molecule has 158 valence electrons. The lowest BCUT2D eigenvalue weighted by atomic mass is 10.1. The zero-order valence-corrected chi connectivity index (χ0v) is 18.2. The summed E-state index contributed by atoms with van der Waals surface area (Å²) in [6.45, 7) is 3.73. The molecule has 0 saturated heterocycles. The highest BCUT2D eigenvalue weighted by Gasteiger charge is 2.23. The Hall–Kier alpha value is -3.45. The Morgan fingerprint density at radius 2 is 1.71 bits per heavy atom. The molecule has 4 rings (SSSR count). The van der Waals surface area contributed by atoms with Gasteiger partial charge < -0.3 is 9.88 Å². The van der Waals surface area contributed by atoms with E-state index in [1.807, 2.05) is 62.4 Å². The third kappa shape index (κ3) is 4.51. The first-order chi connectivity index (χ1) is 14.8. The molecule has 2 heterocycles. The van der Waals surface area contributed by atoms with Crippen molar-refractivity contribution in [3.05, 3.63) is 89.7 Å². The predicted molar refractivity (Wildman–Crippen MR) is 122 cm³/mol. The first kappa shape index (κ1) is 20.8. The van der Waals surface area contributed by atoms with Crippen molar-refractivity contribution in [2.45, 2.75) is 31.0 Å². The van der Waals surface area contributed by atoms with E-state index in [4.69, 9.17) is 0 Å². The Morgan fingerprint density at radius 3 is 2.48 bits per heavy atom. The molecule has 0 aliphatic carbocycles. The van der Waals surface area contributed by atoms with E-state index in [1.54, 1.807) is 29.0 Å². The number of carbonyl (C=O) groups is 1. The van der Waals surface area contributed by atoms with Gasteiger partial charge in [0.15, 0.2) is 9.84 Å². The average molecular weight is 434 g/mol. The Morgan fingerprint density at radius 1 is 0.968 bits per heavy atom. The molecule has 31 heavy (non-hydrogen) atoms. The van der Waals surface area contributed by atoms with Crippen LogP contribution in [-0.2, 0) is 26.9 Å². The van der Waals surface area contributed by atoms with Crippen LogP contribution in [-0.4, -0.2) is 23.9 Å². The zero-order chi connectivity index (χ0) is 22.0. The van der Waals surface area contributed by atoms with Crippen molar-refractivity contribution < 1.29 is 13.2 Å². The van der Waals surface area contributed by atoms with Crippen molar-refractivity contribution in [3.8, 4) is 0 Å². The van der Waals surface area contributed by atoms with Crippen molar-refractivity contribution in [2.75, 3.05) is 5.32 Å². The number of aryl methyl sites for hydroxylation is 2. The van der Waals surface area contributed by atoms with Gasteiger partial charge in [0.2, 0.25) is 5.91 Å². The van der Waals surface area contributed by atoms with Gasteiger partial charge in [0.1, 0.15) is 12.4 Å². The molecule has 0 atom stereocenters. The van der Waals surface area contributed by atoms with Crippen molar-refractivity contribution in [3.63, 3.8) is 0 Å². The number of nitrogens with one attached hydrogen (secondary N) is 1. The number of benzene rings is 2. The van der Waals surface area contributed by atoms with Crippen LogP contribution in [0.4, 0.5) is 5.82 Å². The molecule has 0 spiro atoms. The minimum absolute atomic E-state index is 0.0178. The van der Waals surface area contributed by atoms with Crippen molar-refractivity contribution in [1.82, 2.24) is 9.55 Å². The number of aromatic nitrogens is 2. The molecule has 7 heteroatoms. The van der Waals surface area contributed by atoms with Crippen LogP contribution >= 0.6 is 0 Å². The molecular weight excluding hydrogens is 410 g/mol. The van der Waals surface area contributed by atoms with Crippen molar-refractivity contribution in [2.24, 2.45) is 0 Å². The molecule has 0 bridgehead atoms. The fourth-order valence-electron chi connectivity index (χ4n) is 3.60. The molecule has 0 aliphatic heterocycles. The van der Waals surface area contributed by atoms with E-state index in [0.717, 1.165) is 16.8 Å². The van der Waals surface area contributed by atoms with Crippen LogP contribution < -0.4 is 5.32 Å². The largest absolute Gasteiger partial charge is 0.337 e. The quantitative estimate of drug-likeness (QED) is 0.492. The topological polar surface area (TPSA) is 81.1 Å². The minimum atomic E-state index is -3.61. The van der Waals surface area contributed by atoms with Gasteiger partial charge in [-0.05, 0) is 43.2 Å². The highest BCUT2D eigenvalue weighted by atomic mass is 32.2. The van der Waals surface area contributed by atoms with Gasteiger partial charge in [0.05, 0.1) is 10.6 Å². The number of hydrogen-bond acceptors (Lipinski definition) is 4. The predicted octanol–water partition coefficient (Wildman–Crippen LogP) is 4.27. The summed E-state index contributed by atoms with van der Waals surface area (Å²) in [6, 6.07) is 20.1. The highest BCUT2D eigenvalue weighted by molar-refractivity contribution is 7.90. The summed E-state index contributed by atoms with van der Waals surface area (Å²) in [5.41, 5.74) is 3.19. The first-order valence-electron chi connectivity index (χ1n) is 9.92. The molecule has 6 nitrogen and oxygen atoms in total. The summed E-state index contributed by atoms with van der Waals surface area (Å²) >= 11 is 0. The average Bonchev–Trinajstić information content (AvgIpc) is 3.09. The Labute approximate surface area is 181 Å². The number of rotatable bonds is 6. The van der Waals surface area contributed by atoms with E-state index in [9.17, 15) is 13.2 Å². The number of amides is 1. The third-order valence-corrected chi connectivity index (χ3v) is 6.85. The van der Waals surface area contributed by atoms with Crippen LogP contribution in [0.5, 0.6) is 0 Å². The van der Waals surface area contributed by atoms with Crippen LogP contribution in [0.2, 0.25) is 0 Å². The van der Waals surface area contributed by atoms with Gasteiger partial charge in [-0.2, -0.15) is 0 Å². The summed E-state index contributed by atoms with van der Waals surface area (Å²) in [5.74, 6) is 0.100. The maximum absolute atomic E-state index is 13.3. The van der Waals surface area contributed by atoms with Crippen molar-refractivity contribution >= 4 is 32.5 Å². The molecule has 1 amide bonds. The maximum Gasteiger partial charge on any atom is 0.245 e. The molecule has 0 radical (unpaired) electrons. The summed E-state index contributed by atoms with van der Waals surface area (Å²) in [5, 5.41) is 3.38. The second-order valence-electron chi connectivity index (χ2n) is 7.54. The normalized spacial score (nSPS) is 11.5. The highest BCUT2D eigenvalue weighted by Crippen LogP contribution is 2.28. The van der Waals surface area contributed by atoms with Crippen molar-refractivity contribution in [1.29, 1.82) is 0 Å². The summed E-state index contributed by atoms with van der Waals surface area (Å²) in [4.78, 5) is 17.1. The third-order valence-electron chi connectivity index (χ3n) is 5.16. The van der Waals surface area contributed by atoms with E-state index in [2.05, 4.69) is 10.3 Å². The fourth-order valence-corrected chi connectivity index (χ4v) is 5.28. The lowest BCUT2D eigenvalue weighted by Gasteiger charge is -2.07. The van der Waals surface area contributed by atoms with Crippen LogP contribution in [0.25, 0.3) is 10.9 Å². The molecule has 1 N–H and O–H groups in total. The molecule has 4 aromatic rings.